The molecular weight excluding hydrogens is 493 g/mol. The number of halogens is 5. The van der Waals surface area contributed by atoms with Crippen molar-refractivity contribution >= 4 is 75.0 Å². The lowest BCUT2D eigenvalue weighted by Crippen LogP contribution is -2.40. The molecule has 0 aliphatic carbocycles. The zero-order valence-corrected chi connectivity index (χ0v) is 19.2. The van der Waals surface area contributed by atoms with E-state index in [1.807, 2.05) is 24.3 Å². The van der Waals surface area contributed by atoms with Crippen LogP contribution in [0.5, 0.6) is 5.75 Å². The van der Waals surface area contributed by atoms with Gasteiger partial charge >= 0.3 is 0 Å². The van der Waals surface area contributed by atoms with Crippen LogP contribution in [0.25, 0.3) is 11.1 Å². The van der Waals surface area contributed by atoms with Crippen LogP contribution in [0.1, 0.15) is 24.7 Å². The van der Waals surface area contributed by atoms with Crippen LogP contribution < -0.4 is 4.74 Å². The fourth-order valence-electron chi connectivity index (χ4n) is 3.38. The summed E-state index contributed by atoms with van der Waals surface area (Å²) in [6, 6.07) is 7.66. The van der Waals surface area contributed by atoms with Crippen molar-refractivity contribution in [2.24, 2.45) is 0 Å². The van der Waals surface area contributed by atoms with Crippen LogP contribution in [0, 0.1) is 0 Å². The van der Waals surface area contributed by atoms with Crippen molar-refractivity contribution in [1.29, 1.82) is 0 Å². The van der Waals surface area contributed by atoms with Gasteiger partial charge in [-0.2, -0.15) is 0 Å². The number of hydrogen-bond donors (Lipinski definition) is 0. The normalized spacial score (nSPS) is 15.0. The summed E-state index contributed by atoms with van der Waals surface area (Å²) in [6.45, 7) is 0.881. The highest BCUT2D eigenvalue weighted by molar-refractivity contribution is 6.55. The molecule has 0 radical (unpaired) electrons. The number of aromatic nitrogens is 1. The molecule has 10 heteroatoms. The molecule has 0 saturated carbocycles. The molecule has 3 aromatic rings. The van der Waals surface area contributed by atoms with E-state index in [4.69, 9.17) is 67.2 Å². The van der Waals surface area contributed by atoms with Crippen molar-refractivity contribution in [2.75, 3.05) is 19.7 Å². The Balaban J connectivity index is 1.37. The molecule has 0 N–H and O–H groups in total. The van der Waals surface area contributed by atoms with Crippen LogP contribution in [-0.4, -0.2) is 35.5 Å². The second-order valence-corrected chi connectivity index (χ2v) is 8.75. The predicted molar refractivity (Wildman–Crippen MR) is 120 cm³/mol. The summed E-state index contributed by atoms with van der Waals surface area (Å²) in [4.78, 5) is 18.9. The van der Waals surface area contributed by atoms with E-state index in [1.165, 1.54) is 0 Å². The highest BCUT2D eigenvalue weighted by Gasteiger charge is 2.28. The molecule has 30 heavy (non-hydrogen) atoms. The molecule has 1 amide bonds. The predicted octanol–water partition coefficient (Wildman–Crippen LogP) is 6.88. The number of oxazole rings is 1. The third-order valence-corrected chi connectivity index (χ3v) is 7.26. The number of carbonyl (C=O) groups is 1. The van der Waals surface area contributed by atoms with Crippen LogP contribution in [0.3, 0.4) is 0 Å². The van der Waals surface area contributed by atoms with Crippen LogP contribution >= 0.6 is 58.0 Å². The van der Waals surface area contributed by atoms with Gasteiger partial charge in [0.25, 0.3) is 5.91 Å². The minimum Gasteiger partial charge on any atom is -0.481 e. The number of amides is 1. The third kappa shape index (κ3) is 4.19. The van der Waals surface area contributed by atoms with Crippen LogP contribution in [0.15, 0.2) is 28.7 Å². The summed E-state index contributed by atoms with van der Waals surface area (Å²) in [5.74, 6) is 0.719. The maximum absolute atomic E-state index is 12.6. The minimum atomic E-state index is -0.249. The number of para-hydroxylation sites is 2. The van der Waals surface area contributed by atoms with Crippen molar-refractivity contribution in [3.63, 3.8) is 0 Å². The molecule has 0 bridgehead atoms. The Labute approximate surface area is 197 Å². The van der Waals surface area contributed by atoms with Gasteiger partial charge in [0.2, 0.25) is 0 Å². The van der Waals surface area contributed by atoms with Gasteiger partial charge in [-0.15, -0.1) is 0 Å². The summed E-state index contributed by atoms with van der Waals surface area (Å²) in [5, 5.41) is 0.106. The summed E-state index contributed by atoms with van der Waals surface area (Å²) < 4.78 is 11.4. The number of likely N-dealkylation sites (tertiary alicyclic amines) is 1. The first-order valence-electron chi connectivity index (χ1n) is 9.14. The number of carbonyl (C=O) groups excluding carboxylic acids is 1. The van der Waals surface area contributed by atoms with Crippen molar-refractivity contribution < 1.29 is 13.9 Å². The van der Waals surface area contributed by atoms with E-state index < -0.39 is 0 Å². The average molecular weight is 509 g/mol. The van der Waals surface area contributed by atoms with E-state index in [9.17, 15) is 4.79 Å². The van der Waals surface area contributed by atoms with Crippen LogP contribution in [0.2, 0.25) is 25.1 Å². The minimum absolute atomic E-state index is 0.0125. The van der Waals surface area contributed by atoms with Crippen LogP contribution in [-0.2, 0) is 4.79 Å². The first-order chi connectivity index (χ1) is 14.4. The van der Waals surface area contributed by atoms with Gasteiger partial charge in [0.15, 0.2) is 23.8 Å². The van der Waals surface area contributed by atoms with E-state index in [0.717, 1.165) is 23.9 Å². The zero-order valence-electron chi connectivity index (χ0n) is 15.4. The first kappa shape index (κ1) is 21.8. The highest BCUT2D eigenvalue weighted by atomic mass is 35.5. The second-order valence-electron chi connectivity index (χ2n) is 6.86. The van der Waals surface area contributed by atoms with Gasteiger partial charge in [0.05, 0.1) is 15.1 Å². The molecule has 158 valence electrons. The average Bonchev–Trinajstić information content (AvgIpc) is 3.20. The molecule has 0 unspecified atom stereocenters. The lowest BCUT2D eigenvalue weighted by atomic mass is 9.97. The molecule has 0 spiro atoms. The van der Waals surface area contributed by atoms with E-state index in [2.05, 4.69) is 4.98 Å². The van der Waals surface area contributed by atoms with Crippen LogP contribution in [0.4, 0.5) is 0 Å². The molecule has 1 aliphatic heterocycles. The summed E-state index contributed by atoms with van der Waals surface area (Å²) >= 11 is 30.3. The van der Waals surface area contributed by atoms with Gasteiger partial charge in [-0.3, -0.25) is 4.79 Å². The number of ether oxygens (including phenoxy) is 1. The molecule has 2 heterocycles. The van der Waals surface area contributed by atoms with E-state index in [1.54, 1.807) is 4.90 Å². The van der Waals surface area contributed by atoms with Gasteiger partial charge in [-0.05, 0) is 25.0 Å². The number of hydrogen-bond acceptors (Lipinski definition) is 4. The van der Waals surface area contributed by atoms with Crippen molar-refractivity contribution in [2.45, 2.75) is 18.8 Å². The molecule has 4 rings (SSSR count). The molecular formula is C20H15Cl5N2O3. The number of benzene rings is 2. The molecule has 1 saturated heterocycles. The Morgan fingerprint density at radius 2 is 1.60 bits per heavy atom. The largest absolute Gasteiger partial charge is 0.481 e. The van der Waals surface area contributed by atoms with Gasteiger partial charge in [-0.1, -0.05) is 70.1 Å². The second kappa shape index (κ2) is 9.01. The molecule has 1 aromatic heterocycles. The fourth-order valence-corrected chi connectivity index (χ4v) is 4.61. The highest BCUT2D eigenvalue weighted by Crippen LogP contribution is 2.48. The van der Waals surface area contributed by atoms with Gasteiger partial charge in [0.1, 0.15) is 15.6 Å². The quantitative estimate of drug-likeness (QED) is 0.285. The maximum Gasteiger partial charge on any atom is 0.260 e. The summed E-state index contributed by atoms with van der Waals surface area (Å²) in [6.07, 6.45) is 1.50. The number of rotatable bonds is 4. The molecule has 1 fully saturated rings. The van der Waals surface area contributed by atoms with Crippen molar-refractivity contribution in [1.82, 2.24) is 9.88 Å². The lowest BCUT2D eigenvalue weighted by molar-refractivity contribution is -0.134. The smallest absolute Gasteiger partial charge is 0.260 e. The topological polar surface area (TPSA) is 55.6 Å². The lowest BCUT2D eigenvalue weighted by Gasteiger charge is -2.30. The number of fused-ring (bicyclic) bond motifs is 1. The fraction of sp³-hybridized carbons (Fsp3) is 0.300. The number of piperidine rings is 1. The Morgan fingerprint density at radius 1 is 1.00 bits per heavy atom. The Hall–Kier alpha value is -1.37. The summed E-state index contributed by atoms with van der Waals surface area (Å²) in [5.41, 5.74) is 1.61. The van der Waals surface area contributed by atoms with E-state index in [0.29, 0.717) is 19.0 Å². The van der Waals surface area contributed by atoms with Gasteiger partial charge < -0.3 is 14.1 Å². The maximum atomic E-state index is 12.6. The zero-order chi connectivity index (χ0) is 21.4. The molecule has 5 nitrogen and oxygen atoms in total. The number of nitrogens with zero attached hydrogens (tertiary/aromatic N) is 2. The van der Waals surface area contributed by atoms with Gasteiger partial charge in [-0.25, -0.2) is 4.98 Å². The monoisotopic (exact) mass is 506 g/mol. The SMILES string of the molecule is O=C(COc1c(Cl)c(Cl)c(Cl)c(Cl)c1Cl)N1CCC(c2nc3ccccc3o2)CC1. The van der Waals surface area contributed by atoms with E-state index >= 15 is 0 Å². The van der Waals surface area contributed by atoms with Crippen molar-refractivity contribution in [3.05, 3.63) is 55.3 Å². The first-order valence-corrected chi connectivity index (χ1v) is 11.0. The Morgan fingerprint density at radius 3 is 2.23 bits per heavy atom. The van der Waals surface area contributed by atoms with Gasteiger partial charge in [0, 0.05) is 19.0 Å². The standard InChI is InChI=1S/C20H15Cl5N2O3/c21-14-15(22)17(24)19(18(25)16(14)23)29-9-13(28)27-7-5-10(6-8-27)20-26-11-3-1-2-4-12(11)30-20/h1-4,10H,5-9H2. The molecule has 1 aliphatic rings. The Bertz CT molecular complexity index is 1050. The summed E-state index contributed by atoms with van der Waals surface area (Å²) in [7, 11) is 0. The third-order valence-electron chi connectivity index (χ3n) is 5.02. The van der Waals surface area contributed by atoms with Crippen molar-refractivity contribution in [3.8, 4) is 5.75 Å². The Kier molecular flexibility index (Phi) is 6.56. The molecule has 0 atom stereocenters. The molecule has 2 aromatic carbocycles. The van der Waals surface area contributed by atoms with E-state index in [-0.39, 0.29) is 49.3 Å².